The van der Waals surface area contributed by atoms with Crippen LogP contribution in [0.2, 0.25) is 5.02 Å². The summed E-state index contributed by atoms with van der Waals surface area (Å²) in [6.07, 6.45) is 0.416. The second kappa shape index (κ2) is 7.74. The minimum atomic E-state index is -0.745. The number of rotatable bonds is 5. The highest BCUT2D eigenvalue weighted by molar-refractivity contribution is 6.33. The lowest BCUT2D eigenvalue weighted by Gasteiger charge is -2.13. The predicted octanol–water partition coefficient (Wildman–Crippen LogP) is 3.71. The molecular weight excluding hydrogens is 319 g/mol. The normalized spacial score (nSPS) is 12.2. The number of hydrogen-bond donors (Lipinski definition) is 1. The molecule has 23 heavy (non-hydrogen) atoms. The van der Waals surface area contributed by atoms with Crippen LogP contribution in [0.1, 0.15) is 18.1 Å². The first kappa shape index (κ1) is 17.0. The van der Waals surface area contributed by atoms with Gasteiger partial charge in [0.25, 0.3) is 5.91 Å². The van der Waals surface area contributed by atoms with Crippen molar-refractivity contribution in [3.63, 3.8) is 0 Å². The van der Waals surface area contributed by atoms with Crippen molar-refractivity contribution in [3.8, 4) is 5.75 Å². The number of nitrogens with one attached hydrogen (secondary N) is 1. The van der Waals surface area contributed by atoms with Crippen molar-refractivity contribution < 1.29 is 13.9 Å². The molecule has 0 saturated carbocycles. The van der Waals surface area contributed by atoms with E-state index in [2.05, 4.69) is 10.5 Å². The Morgan fingerprint density at radius 2 is 2.09 bits per heavy atom. The van der Waals surface area contributed by atoms with Crippen LogP contribution in [0.3, 0.4) is 0 Å². The van der Waals surface area contributed by atoms with E-state index in [4.69, 9.17) is 16.3 Å². The molecule has 120 valence electrons. The molecule has 6 heteroatoms. The van der Waals surface area contributed by atoms with E-state index in [0.717, 1.165) is 11.8 Å². The predicted molar refractivity (Wildman–Crippen MR) is 88.4 cm³/mol. The van der Waals surface area contributed by atoms with Crippen LogP contribution in [0.25, 0.3) is 0 Å². The average Bonchev–Trinajstić information content (AvgIpc) is 2.50. The number of carbonyl (C=O) groups is 1. The van der Waals surface area contributed by atoms with E-state index >= 15 is 0 Å². The molecule has 0 aliphatic heterocycles. The highest BCUT2D eigenvalue weighted by Gasteiger charge is 2.14. The Kier molecular flexibility index (Phi) is 5.71. The minimum Gasteiger partial charge on any atom is -0.481 e. The van der Waals surface area contributed by atoms with Gasteiger partial charge in [-0.05, 0) is 43.7 Å². The van der Waals surface area contributed by atoms with Gasteiger partial charge >= 0.3 is 0 Å². The zero-order valence-corrected chi connectivity index (χ0v) is 13.5. The van der Waals surface area contributed by atoms with E-state index in [9.17, 15) is 9.18 Å². The van der Waals surface area contributed by atoms with E-state index in [1.807, 2.05) is 25.1 Å². The number of hydrogen-bond acceptors (Lipinski definition) is 3. The van der Waals surface area contributed by atoms with Crippen molar-refractivity contribution in [2.24, 2.45) is 5.10 Å². The van der Waals surface area contributed by atoms with Crippen LogP contribution < -0.4 is 10.2 Å². The first-order valence-corrected chi connectivity index (χ1v) is 7.35. The van der Waals surface area contributed by atoms with Crippen LogP contribution in [-0.4, -0.2) is 18.2 Å². The maximum Gasteiger partial charge on any atom is 0.280 e. The number of ether oxygens (including phenoxy) is 1. The molecule has 0 spiro atoms. The van der Waals surface area contributed by atoms with Crippen molar-refractivity contribution >= 4 is 23.7 Å². The molecule has 0 heterocycles. The molecule has 0 fully saturated rings. The monoisotopic (exact) mass is 334 g/mol. The Hall–Kier alpha value is -2.40. The summed E-state index contributed by atoms with van der Waals surface area (Å²) >= 11 is 5.86. The van der Waals surface area contributed by atoms with Crippen molar-refractivity contribution in [2.75, 3.05) is 0 Å². The lowest BCUT2D eigenvalue weighted by atomic mass is 10.2. The molecule has 2 aromatic rings. The number of aryl methyl sites for hydroxylation is 1. The molecule has 1 N–H and O–H groups in total. The van der Waals surface area contributed by atoms with E-state index in [0.29, 0.717) is 5.75 Å². The Morgan fingerprint density at radius 1 is 1.35 bits per heavy atom. The van der Waals surface area contributed by atoms with Crippen LogP contribution in [0.5, 0.6) is 5.75 Å². The van der Waals surface area contributed by atoms with Gasteiger partial charge in [-0.2, -0.15) is 5.10 Å². The van der Waals surface area contributed by atoms with Gasteiger partial charge in [0.05, 0.1) is 11.2 Å². The van der Waals surface area contributed by atoms with Crippen molar-refractivity contribution in [2.45, 2.75) is 20.0 Å². The molecule has 0 aromatic heterocycles. The number of amides is 1. The van der Waals surface area contributed by atoms with Gasteiger partial charge in [0.15, 0.2) is 6.10 Å². The summed E-state index contributed by atoms with van der Waals surface area (Å²) in [5.41, 5.74) is 3.44. The molecule has 0 bridgehead atoms. The van der Waals surface area contributed by atoms with Crippen LogP contribution in [0.4, 0.5) is 4.39 Å². The van der Waals surface area contributed by atoms with Gasteiger partial charge in [-0.15, -0.1) is 0 Å². The fourth-order valence-electron chi connectivity index (χ4n) is 1.83. The summed E-state index contributed by atoms with van der Waals surface area (Å²) in [6.45, 7) is 3.53. The van der Waals surface area contributed by atoms with E-state index in [1.54, 1.807) is 13.0 Å². The minimum absolute atomic E-state index is 0.113. The van der Waals surface area contributed by atoms with E-state index < -0.39 is 17.8 Å². The fourth-order valence-corrected chi connectivity index (χ4v) is 2.04. The van der Waals surface area contributed by atoms with Gasteiger partial charge in [0.1, 0.15) is 11.6 Å². The highest BCUT2D eigenvalue weighted by Crippen LogP contribution is 2.16. The van der Waals surface area contributed by atoms with E-state index in [-0.39, 0.29) is 10.6 Å². The van der Waals surface area contributed by atoms with Gasteiger partial charge in [-0.1, -0.05) is 29.8 Å². The first-order chi connectivity index (χ1) is 11.0. The van der Waals surface area contributed by atoms with Crippen LogP contribution in [0, 0.1) is 12.7 Å². The number of benzene rings is 2. The van der Waals surface area contributed by atoms with Crippen LogP contribution in [-0.2, 0) is 4.79 Å². The molecule has 0 aliphatic carbocycles. The maximum atomic E-state index is 13.5. The summed E-state index contributed by atoms with van der Waals surface area (Å²) in [5.74, 6) is -0.372. The Labute approximate surface area is 138 Å². The molecule has 2 aromatic carbocycles. The molecule has 1 unspecified atom stereocenters. The van der Waals surface area contributed by atoms with Gasteiger partial charge in [-0.3, -0.25) is 4.79 Å². The molecule has 4 nitrogen and oxygen atoms in total. The third kappa shape index (κ3) is 4.79. The third-order valence-corrected chi connectivity index (χ3v) is 3.37. The second-order valence-corrected chi connectivity index (χ2v) is 5.35. The summed E-state index contributed by atoms with van der Waals surface area (Å²) in [6, 6.07) is 11.7. The molecule has 0 aliphatic rings. The maximum absolute atomic E-state index is 13.5. The summed E-state index contributed by atoms with van der Waals surface area (Å²) in [7, 11) is 0. The molecule has 0 radical (unpaired) electrons. The SMILES string of the molecule is Cc1cccc(OC(C)C(=O)N/N=C/c2c(F)cccc2Cl)c1. The van der Waals surface area contributed by atoms with E-state index in [1.165, 1.54) is 18.2 Å². The Morgan fingerprint density at radius 3 is 2.78 bits per heavy atom. The lowest BCUT2D eigenvalue weighted by molar-refractivity contribution is -0.127. The summed E-state index contributed by atoms with van der Waals surface area (Å²) < 4.78 is 19.1. The van der Waals surface area contributed by atoms with Crippen molar-refractivity contribution in [1.82, 2.24) is 5.43 Å². The van der Waals surface area contributed by atoms with Gasteiger partial charge < -0.3 is 4.74 Å². The van der Waals surface area contributed by atoms with Gasteiger partial charge in [0.2, 0.25) is 0 Å². The summed E-state index contributed by atoms with van der Waals surface area (Å²) in [4.78, 5) is 11.9. The molecule has 0 saturated heterocycles. The standard InChI is InChI=1S/C17H16ClFN2O2/c1-11-5-3-6-13(9-11)23-12(2)17(22)21-20-10-14-15(18)7-4-8-16(14)19/h3-10,12H,1-2H3,(H,21,22)/b20-10+. The number of halogens is 2. The highest BCUT2D eigenvalue weighted by atomic mass is 35.5. The molecule has 1 amide bonds. The Balaban J connectivity index is 1.95. The molecule has 2 rings (SSSR count). The fraction of sp³-hybridized carbons (Fsp3) is 0.176. The largest absolute Gasteiger partial charge is 0.481 e. The third-order valence-electron chi connectivity index (χ3n) is 3.04. The van der Waals surface area contributed by atoms with Crippen LogP contribution in [0.15, 0.2) is 47.6 Å². The van der Waals surface area contributed by atoms with Crippen LogP contribution >= 0.6 is 11.6 Å². The van der Waals surface area contributed by atoms with Gasteiger partial charge in [-0.25, -0.2) is 9.82 Å². The van der Waals surface area contributed by atoms with Crippen molar-refractivity contribution in [1.29, 1.82) is 0 Å². The zero-order valence-electron chi connectivity index (χ0n) is 12.7. The van der Waals surface area contributed by atoms with Crippen molar-refractivity contribution in [3.05, 3.63) is 64.4 Å². The zero-order chi connectivity index (χ0) is 16.8. The average molecular weight is 335 g/mol. The quantitative estimate of drug-likeness (QED) is 0.669. The number of carbonyl (C=O) groups excluding carboxylic acids is 1. The second-order valence-electron chi connectivity index (χ2n) is 4.95. The Bertz CT molecular complexity index is 714. The lowest BCUT2D eigenvalue weighted by Crippen LogP contribution is -2.33. The topological polar surface area (TPSA) is 50.7 Å². The molecular formula is C17H16ClFN2O2. The smallest absolute Gasteiger partial charge is 0.280 e. The number of hydrazone groups is 1. The van der Waals surface area contributed by atoms with Gasteiger partial charge in [0, 0.05) is 5.56 Å². The molecule has 1 atom stereocenters. The number of nitrogens with zero attached hydrogens (tertiary/aromatic N) is 1. The first-order valence-electron chi connectivity index (χ1n) is 6.97. The summed E-state index contributed by atoms with van der Waals surface area (Å²) in [5, 5.41) is 3.93.